The van der Waals surface area contributed by atoms with Gasteiger partial charge in [-0.15, -0.1) is 0 Å². The minimum absolute atomic E-state index is 0.0578. The highest BCUT2D eigenvalue weighted by molar-refractivity contribution is 7.86. The molecule has 6 N–H and O–H groups in total. The number of aromatic nitrogens is 3. The zero-order valence-electron chi connectivity index (χ0n) is 21.8. The van der Waals surface area contributed by atoms with Crippen molar-refractivity contribution in [2.45, 2.75) is 16.2 Å². The van der Waals surface area contributed by atoms with Crippen LogP contribution < -0.4 is 16.0 Å². The van der Waals surface area contributed by atoms with Gasteiger partial charge in [0, 0.05) is 18.8 Å². The molecule has 0 aliphatic carbocycles. The van der Waals surface area contributed by atoms with Gasteiger partial charge in [0.1, 0.15) is 9.79 Å². The van der Waals surface area contributed by atoms with Crippen molar-refractivity contribution in [3.63, 3.8) is 0 Å². The predicted octanol–water partition coefficient (Wildman–Crippen LogP) is 2.05. The maximum atomic E-state index is 12.2. The van der Waals surface area contributed by atoms with E-state index in [-0.39, 0.29) is 52.7 Å². The van der Waals surface area contributed by atoms with E-state index in [2.05, 4.69) is 30.9 Å². The van der Waals surface area contributed by atoms with Crippen LogP contribution in [0.25, 0.3) is 12.2 Å². The molecule has 0 amide bonds. The Bertz CT molecular complexity index is 1560. The fourth-order valence-corrected chi connectivity index (χ4v) is 4.88. The summed E-state index contributed by atoms with van der Waals surface area (Å²) < 4.78 is 67.0. The Morgan fingerprint density at radius 1 is 0.800 bits per heavy atom. The molecule has 0 spiro atoms. The summed E-state index contributed by atoms with van der Waals surface area (Å²) >= 11 is 0. The average Bonchev–Trinajstić information content (AvgIpc) is 2.88. The second-order valence-corrected chi connectivity index (χ2v) is 11.5. The van der Waals surface area contributed by atoms with Crippen molar-refractivity contribution in [1.29, 1.82) is 0 Å². The fraction of sp³-hybridized carbons (Fsp3) is 0.292. The molecule has 0 saturated carbocycles. The molecule has 0 radical (unpaired) electrons. The Balaban J connectivity index is 1.91. The molecule has 0 unspecified atom stereocenters. The van der Waals surface area contributed by atoms with Gasteiger partial charge in [0.25, 0.3) is 20.2 Å². The summed E-state index contributed by atoms with van der Waals surface area (Å²) in [6.07, 6.45) is 3.42. The largest absolute Gasteiger partial charge is 0.395 e. The Morgan fingerprint density at radius 2 is 1.38 bits per heavy atom. The highest BCUT2D eigenvalue weighted by Gasteiger charge is 2.17. The first-order valence-electron chi connectivity index (χ1n) is 12.0. The van der Waals surface area contributed by atoms with Crippen LogP contribution in [0.1, 0.15) is 17.5 Å². The third-order valence-corrected chi connectivity index (χ3v) is 7.12. The summed E-state index contributed by atoms with van der Waals surface area (Å²) in [7, 11) is -5.31. The van der Waals surface area contributed by atoms with Crippen LogP contribution in [-0.2, 0) is 20.2 Å². The maximum absolute atomic E-state index is 12.2. The molecule has 0 fully saturated rings. The molecule has 216 valence electrons. The first-order chi connectivity index (χ1) is 18.9. The van der Waals surface area contributed by atoms with Crippen LogP contribution in [0.3, 0.4) is 0 Å². The molecule has 1 aromatic heterocycles. The third-order valence-electron chi connectivity index (χ3n) is 5.28. The molecular formula is C24H31N7O7S2. The molecule has 40 heavy (non-hydrogen) atoms. The quantitative estimate of drug-likeness (QED) is 0.0899. The molecule has 16 heteroatoms. The monoisotopic (exact) mass is 593 g/mol. The maximum Gasteiger partial charge on any atom is 0.295 e. The van der Waals surface area contributed by atoms with Crippen LogP contribution in [0.15, 0.2) is 52.3 Å². The normalized spacial score (nSPS) is 12.2. The lowest BCUT2D eigenvalue weighted by atomic mass is 10.1. The van der Waals surface area contributed by atoms with Crippen LogP contribution in [0, 0.1) is 0 Å². The number of aliphatic hydroxyl groups is 1. The molecule has 0 saturated heterocycles. The summed E-state index contributed by atoms with van der Waals surface area (Å²) in [5, 5.41) is 18.0. The lowest BCUT2D eigenvalue weighted by Gasteiger charge is -2.13. The molecule has 3 aromatic rings. The molecule has 0 aliphatic heterocycles. The van der Waals surface area contributed by atoms with Gasteiger partial charge >= 0.3 is 0 Å². The topological polar surface area (TPSA) is 207 Å². The molecule has 0 bridgehead atoms. The zero-order valence-corrected chi connectivity index (χ0v) is 23.4. The molecule has 14 nitrogen and oxygen atoms in total. The second kappa shape index (κ2) is 13.6. The van der Waals surface area contributed by atoms with Gasteiger partial charge in [0.05, 0.1) is 6.61 Å². The van der Waals surface area contributed by atoms with Crippen molar-refractivity contribution in [2.75, 3.05) is 56.3 Å². The smallest absolute Gasteiger partial charge is 0.295 e. The Morgan fingerprint density at radius 3 is 1.98 bits per heavy atom. The summed E-state index contributed by atoms with van der Waals surface area (Å²) in [6.45, 7) is 1.47. The first kappa shape index (κ1) is 30.9. The average molecular weight is 594 g/mol. The molecule has 3 rings (SSSR count). The standard InChI is InChI=1S/C24H31N7O7S2/c1-31(2)14-5-12-25-22-28-23(26-13-15-32)30-24(29-22)27-19-11-10-18(21(16-19)40(36,37)38)9-8-17-6-3-4-7-20(17)39(33,34)35/h3-4,6-11,16,32H,5,12-15H2,1-2H3,(H,33,34,35)(H,36,37,38)(H3,25,26,27,28,29,30)/b9-8+. The van der Waals surface area contributed by atoms with E-state index in [4.69, 9.17) is 5.11 Å². The fourth-order valence-electron chi connectivity index (χ4n) is 3.49. The number of benzene rings is 2. The number of anilines is 4. The van der Waals surface area contributed by atoms with E-state index < -0.39 is 25.1 Å². The van der Waals surface area contributed by atoms with Gasteiger partial charge < -0.3 is 26.0 Å². The minimum Gasteiger partial charge on any atom is -0.395 e. The van der Waals surface area contributed by atoms with E-state index in [0.717, 1.165) is 13.0 Å². The SMILES string of the molecule is CN(C)CCCNc1nc(NCCO)nc(Nc2ccc(/C=C/c3ccccc3S(=O)(=O)O)c(S(=O)(=O)O)c2)n1. The van der Waals surface area contributed by atoms with Gasteiger partial charge in [0.15, 0.2) is 0 Å². The van der Waals surface area contributed by atoms with Gasteiger partial charge in [-0.2, -0.15) is 31.8 Å². The molecule has 0 aliphatic rings. The Kier molecular flexibility index (Phi) is 10.5. The highest BCUT2D eigenvalue weighted by atomic mass is 32.2. The lowest BCUT2D eigenvalue weighted by molar-refractivity contribution is 0.311. The van der Waals surface area contributed by atoms with Gasteiger partial charge in [-0.05, 0) is 56.4 Å². The van der Waals surface area contributed by atoms with Crippen LogP contribution in [0.2, 0.25) is 0 Å². The second-order valence-electron chi connectivity index (χ2n) is 8.74. The number of nitrogens with one attached hydrogen (secondary N) is 3. The van der Waals surface area contributed by atoms with Gasteiger partial charge in [0.2, 0.25) is 17.8 Å². The van der Waals surface area contributed by atoms with Crippen molar-refractivity contribution < 1.29 is 31.0 Å². The van der Waals surface area contributed by atoms with Crippen molar-refractivity contribution in [3.05, 3.63) is 53.6 Å². The van der Waals surface area contributed by atoms with E-state index in [9.17, 15) is 25.9 Å². The van der Waals surface area contributed by atoms with Gasteiger partial charge in [-0.1, -0.05) is 36.4 Å². The van der Waals surface area contributed by atoms with Crippen molar-refractivity contribution in [1.82, 2.24) is 19.9 Å². The summed E-state index contributed by atoms with van der Waals surface area (Å²) in [5.74, 6) is 0.495. The Labute approximate surface area is 232 Å². The van der Waals surface area contributed by atoms with Gasteiger partial charge in [-0.3, -0.25) is 9.11 Å². The van der Waals surface area contributed by atoms with E-state index in [0.29, 0.717) is 6.54 Å². The van der Waals surface area contributed by atoms with E-state index in [1.165, 1.54) is 48.6 Å². The summed E-state index contributed by atoms with van der Waals surface area (Å²) in [4.78, 5) is 14.0. The first-order valence-corrected chi connectivity index (χ1v) is 14.9. The minimum atomic E-state index is -4.71. The molecule has 1 heterocycles. The molecule has 0 atom stereocenters. The summed E-state index contributed by atoms with van der Waals surface area (Å²) in [6, 6.07) is 9.68. The van der Waals surface area contributed by atoms with E-state index in [1.807, 2.05) is 19.0 Å². The summed E-state index contributed by atoms with van der Waals surface area (Å²) in [5.41, 5.74) is 0.399. The predicted molar refractivity (Wildman–Crippen MR) is 152 cm³/mol. The number of aliphatic hydroxyl groups excluding tert-OH is 1. The highest BCUT2D eigenvalue weighted by Crippen LogP contribution is 2.26. The number of nitrogens with zero attached hydrogens (tertiary/aromatic N) is 4. The number of hydrogen-bond acceptors (Lipinski definition) is 12. The number of rotatable bonds is 14. The lowest BCUT2D eigenvalue weighted by Crippen LogP contribution is -2.18. The number of hydrogen-bond donors (Lipinski definition) is 6. The van der Waals surface area contributed by atoms with E-state index >= 15 is 0 Å². The van der Waals surface area contributed by atoms with Crippen molar-refractivity contribution in [3.8, 4) is 0 Å². The van der Waals surface area contributed by atoms with Crippen LogP contribution in [0.5, 0.6) is 0 Å². The molecular weight excluding hydrogens is 562 g/mol. The van der Waals surface area contributed by atoms with Crippen molar-refractivity contribution >= 4 is 55.9 Å². The zero-order chi connectivity index (χ0) is 29.3. The van der Waals surface area contributed by atoms with Gasteiger partial charge in [-0.25, -0.2) is 0 Å². The van der Waals surface area contributed by atoms with E-state index in [1.54, 1.807) is 6.07 Å². The van der Waals surface area contributed by atoms with Crippen LogP contribution >= 0.6 is 0 Å². The van der Waals surface area contributed by atoms with Crippen LogP contribution in [-0.4, -0.2) is 91.2 Å². The van der Waals surface area contributed by atoms with Crippen LogP contribution in [0.4, 0.5) is 23.5 Å². The third kappa shape index (κ3) is 9.22. The Hall–Kier alpha value is -3.67. The molecule has 2 aromatic carbocycles. The van der Waals surface area contributed by atoms with Crippen molar-refractivity contribution in [2.24, 2.45) is 0 Å².